The topological polar surface area (TPSA) is 89.5 Å². The molecule has 6 aliphatic carbocycles. The van der Waals surface area contributed by atoms with Gasteiger partial charge in [-0.1, -0.05) is 61.5 Å². The van der Waals surface area contributed by atoms with Gasteiger partial charge in [-0.05, 0) is 105 Å². The summed E-state index contributed by atoms with van der Waals surface area (Å²) >= 11 is 0. The average molecular weight is 763 g/mol. The minimum Gasteiger partial charge on any atom is -0.381 e. The highest BCUT2D eigenvalue weighted by molar-refractivity contribution is 5.88. The Labute approximate surface area is 326 Å². The quantitative estimate of drug-likeness (QED) is 0.204. The van der Waals surface area contributed by atoms with E-state index in [1.807, 2.05) is 14.0 Å². The molecule has 6 saturated carbocycles. The molecule has 0 amide bonds. The summed E-state index contributed by atoms with van der Waals surface area (Å²) in [6.07, 6.45) is 12.7. The summed E-state index contributed by atoms with van der Waals surface area (Å²) in [4.78, 5) is 27.1. The van der Waals surface area contributed by atoms with Crippen molar-refractivity contribution >= 4 is 11.6 Å². The van der Waals surface area contributed by atoms with Gasteiger partial charge in [0.15, 0.2) is 0 Å². The summed E-state index contributed by atoms with van der Waals surface area (Å²) in [5.74, 6) is 2.40. The Kier molecular flexibility index (Phi) is 13.8. The fraction of sp³-hybridized carbons (Fsp3) is 0.911. The Morgan fingerprint density at radius 1 is 0.685 bits per heavy atom. The van der Waals surface area contributed by atoms with E-state index in [4.69, 9.17) is 28.4 Å². The molecule has 0 spiro atoms. The molecule has 4 bridgehead atoms. The Bertz CT molecular complexity index is 1340. The van der Waals surface area contributed by atoms with E-state index in [9.17, 15) is 14.0 Å². The van der Waals surface area contributed by atoms with E-state index >= 15 is 0 Å². The number of hydrogen-bond acceptors (Lipinski definition) is 8. The van der Waals surface area contributed by atoms with Crippen molar-refractivity contribution in [2.45, 2.75) is 150 Å². The zero-order chi connectivity index (χ0) is 39.9. The third kappa shape index (κ3) is 6.92. The average Bonchev–Trinajstić information content (AvgIpc) is 3.76. The standard InChI is InChI=1S/C24H39FO4.C21H36O4/c1-16-8-11-24-12-9-18(28-6)20(24)23(16,4)19(29-15-27-5)14-22(3,10-7-13-25)21(26)17(24)2;1-13-11-17(25-12-23-5)20(4)14(2)7-9-21(15(3)18(13)22)10-8-16(24-6)19(20)21/h7,13,16-20H,8-12,14-15H2,1-6H3;13-17,19H,7-12H2,1-6H3/t16-,17+,18-,19-,20?,22-,23+,24?;13-,14+,15-,16+,17+,19?,20-,21?/m10/s1. The summed E-state index contributed by atoms with van der Waals surface area (Å²) in [5, 5.41) is 0. The third-order valence-electron chi connectivity index (χ3n) is 17.6. The van der Waals surface area contributed by atoms with Gasteiger partial charge in [0.2, 0.25) is 0 Å². The largest absolute Gasteiger partial charge is 0.381 e. The molecule has 0 radical (unpaired) electrons. The molecule has 310 valence electrons. The van der Waals surface area contributed by atoms with Gasteiger partial charge in [0, 0.05) is 62.4 Å². The number of methoxy groups -OCH3 is 4. The van der Waals surface area contributed by atoms with Crippen molar-refractivity contribution in [1.82, 2.24) is 0 Å². The number of ether oxygens (including phenoxy) is 6. The fourth-order valence-corrected chi connectivity index (χ4v) is 14.2. The van der Waals surface area contributed by atoms with Crippen LogP contribution in [0.5, 0.6) is 0 Å². The monoisotopic (exact) mass is 763 g/mol. The first-order valence-corrected chi connectivity index (χ1v) is 21.1. The van der Waals surface area contributed by atoms with Gasteiger partial charge >= 0.3 is 0 Å². The molecule has 16 atom stereocenters. The summed E-state index contributed by atoms with van der Waals surface area (Å²) < 4.78 is 48.1. The van der Waals surface area contributed by atoms with Gasteiger partial charge in [0.1, 0.15) is 25.2 Å². The number of ketones is 2. The molecule has 0 aliphatic heterocycles. The van der Waals surface area contributed by atoms with Crippen molar-refractivity contribution in [3.63, 3.8) is 0 Å². The van der Waals surface area contributed by atoms with Crippen LogP contribution in [0.2, 0.25) is 0 Å². The summed E-state index contributed by atoms with van der Waals surface area (Å²) in [7, 11) is 6.95. The van der Waals surface area contributed by atoms with Gasteiger partial charge in [0.25, 0.3) is 0 Å². The molecular formula is C45H75FO8. The lowest BCUT2D eigenvalue weighted by Crippen LogP contribution is -2.62. The van der Waals surface area contributed by atoms with Gasteiger partial charge in [-0.15, -0.1) is 0 Å². The maximum Gasteiger partial charge on any atom is 0.146 e. The molecule has 0 aromatic heterocycles. The number of Topliss-reactive ketones (excluding diaryl/α,β-unsaturated/α-hetero) is 2. The summed E-state index contributed by atoms with van der Waals surface area (Å²) in [6, 6.07) is 0. The zero-order valence-corrected chi connectivity index (χ0v) is 35.8. The van der Waals surface area contributed by atoms with Crippen LogP contribution < -0.4 is 0 Å². The van der Waals surface area contributed by atoms with Crippen LogP contribution in [0.25, 0.3) is 0 Å². The Morgan fingerprint density at radius 2 is 1.15 bits per heavy atom. The first kappa shape index (κ1) is 43.9. The minimum atomic E-state index is -0.651. The smallest absolute Gasteiger partial charge is 0.146 e. The van der Waals surface area contributed by atoms with Crippen LogP contribution >= 0.6 is 0 Å². The van der Waals surface area contributed by atoms with E-state index < -0.39 is 5.41 Å². The van der Waals surface area contributed by atoms with Gasteiger partial charge in [-0.25, -0.2) is 4.39 Å². The van der Waals surface area contributed by atoms with E-state index in [0.29, 0.717) is 49.5 Å². The second kappa shape index (κ2) is 16.9. The number of allylic oxidation sites excluding steroid dienone is 1. The molecule has 54 heavy (non-hydrogen) atoms. The highest BCUT2D eigenvalue weighted by Crippen LogP contribution is 2.70. The van der Waals surface area contributed by atoms with Crippen molar-refractivity contribution in [2.24, 2.45) is 68.5 Å². The van der Waals surface area contributed by atoms with E-state index in [1.54, 1.807) is 21.3 Å². The van der Waals surface area contributed by atoms with Crippen molar-refractivity contribution in [2.75, 3.05) is 42.0 Å². The van der Waals surface area contributed by atoms with Gasteiger partial charge in [0.05, 0.1) is 30.7 Å². The molecule has 6 aliphatic rings. The fourth-order valence-electron chi connectivity index (χ4n) is 14.2. The first-order valence-electron chi connectivity index (χ1n) is 21.1. The number of halogens is 1. The van der Waals surface area contributed by atoms with E-state index in [-0.39, 0.29) is 82.3 Å². The molecular weight excluding hydrogens is 687 g/mol. The Morgan fingerprint density at radius 3 is 1.63 bits per heavy atom. The zero-order valence-electron chi connectivity index (χ0n) is 35.8. The second-order valence-corrected chi connectivity index (χ2v) is 19.5. The molecule has 8 nitrogen and oxygen atoms in total. The normalized spacial score (nSPS) is 48.9. The predicted octanol–water partition coefficient (Wildman–Crippen LogP) is 9.38. The maximum atomic E-state index is 13.9. The SMILES string of the molecule is COCO[C@@H]1C[C@@](C)(CC=CF)C(=O)[C@H](C)C23CC[C@@H](C)[C@]1(C)C2[C@H](OC)CC3.COCO[C@@H]1C[C@H](C)C(=O)[C@H](C)C23CC[C@@H](C)[C@]1(C)C2[C@H](OC)CC3. The van der Waals surface area contributed by atoms with Crippen molar-refractivity contribution in [3.05, 3.63) is 12.4 Å². The molecule has 6 fully saturated rings. The lowest BCUT2D eigenvalue weighted by molar-refractivity contribution is -0.219. The molecule has 0 heterocycles. The third-order valence-corrected chi connectivity index (χ3v) is 17.6. The van der Waals surface area contributed by atoms with Crippen LogP contribution in [0.1, 0.15) is 126 Å². The molecule has 6 rings (SSSR count). The molecule has 0 N–H and O–H groups in total. The highest BCUT2D eigenvalue weighted by Gasteiger charge is 2.69. The van der Waals surface area contributed by atoms with Crippen LogP contribution in [0, 0.1) is 68.5 Å². The minimum absolute atomic E-state index is 0.0111. The van der Waals surface area contributed by atoms with Crippen LogP contribution in [-0.2, 0) is 38.0 Å². The van der Waals surface area contributed by atoms with E-state index in [1.165, 1.54) is 12.5 Å². The number of carbonyl (C=O) groups excluding carboxylic acids is 2. The maximum absolute atomic E-state index is 13.9. The Balaban J connectivity index is 0.000000210. The predicted molar refractivity (Wildman–Crippen MR) is 208 cm³/mol. The molecule has 0 aromatic rings. The molecule has 9 heteroatoms. The lowest BCUT2D eigenvalue weighted by atomic mass is 9.43. The van der Waals surface area contributed by atoms with E-state index in [2.05, 4.69) is 48.5 Å². The van der Waals surface area contributed by atoms with Crippen LogP contribution in [-0.4, -0.2) is 78.0 Å². The number of carbonyl (C=O) groups is 2. The molecule has 4 unspecified atom stereocenters. The summed E-state index contributed by atoms with van der Waals surface area (Å²) in [5.41, 5.74) is -0.778. The van der Waals surface area contributed by atoms with Crippen LogP contribution in [0.4, 0.5) is 4.39 Å². The van der Waals surface area contributed by atoms with Gasteiger partial charge < -0.3 is 28.4 Å². The molecule has 0 saturated heterocycles. The van der Waals surface area contributed by atoms with E-state index in [0.717, 1.165) is 51.4 Å². The van der Waals surface area contributed by atoms with Gasteiger partial charge in [-0.3, -0.25) is 9.59 Å². The van der Waals surface area contributed by atoms with Crippen molar-refractivity contribution in [1.29, 1.82) is 0 Å². The second-order valence-electron chi connectivity index (χ2n) is 19.5. The highest BCUT2D eigenvalue weighted by atomic mass is 19.1. The Hall–Kier alpha value is -1.23. The van der Waals surface area contributed by atoms with Crippen LogP contribution in [0.3, 0.4) is 0 Å². The van der Waals surface area contributed by atoms with Gasteiger partial charge in [-0.2, -0.15) is 0 Å². The molecule has 0 aromatic carbocycles. The van der Waals surface area contributed by atoms with Crippen LogP contribution in [0.15, 0.2) is 12.4 Å². The summed E-state index contributed by atoms with van der Waals surface area (Å²) in [6.45, 7) is 18.3. The first-order chi connectivity index (χ1) is 25.5. The lowest BCUT2D eigenvalue weighted by Gasteiger charge is -2.62. The van der Waals surface area contributed by atoms with Crippen molar-refractivity contribution < 1.29 is 42.4 Å². The van der Waals surface area contributed by atoms with Crippen molar-refractivity contribution in [3.8, 4) is 0 Å². The number of rotatable bonds is 10. The number of hydrogen-bond donors (Lipinski definition) is 0.